The van der Waals surface area contributed by atoms with Crippen molar-refractivity contribution in [3.05, 3.63) is 48.4 Å². The van der Waals surface area contributed by atoms with E-state index in [1.807, 2.05) is 12.3 Å². The van der Waals surface area contributed by atoms with Crippen LogP contribution in [0.15, 0.2) is 23.6 Å². The van der Waals surface area contributed by atoms with Crippen molar-refractivity contribution >= 4 is 51.4 Å². The highest BCUT2D eigenvalue weighted by molar-refractivity contribution is 14.1. The first-order valence-corrected chi connectivity index (χ1v) is 7.54. The first kappa shape index (κ1) is 13.8. The molecule has 3 nitrogen and oxygen atoms in total. The number of hydrogen-bond acceptors (Lipinski definition) is 3. The van der Waals surface area contributed by atoms with Gasteiger partial charge < -0.3 is 5.32 Å². The summed E-state index contributed by atoms with van der Waals surface area (Å²) in [5, 5.41) is 6.37. The Morgan fingerprint density at radius 3 is 2.94 bits per heavy atom. The lowest BCUT2D eigenvalue weighted by molar-refractivity contribution is 0.0951. The van der Waals surface area contributed by atoms with E-state index in [0.717, 1.165) is 14.3 Å². The highest BCUT2D eigenvalue weighted by Crippen LogP contribution is 2.19. The lowest BCUT2D eigenvalue weighted by atomic mass is 10.2. The first-order chi connectivity index (χ1) is 8.56. The molecule has 0 spiro atoms. The first-order valence-electron chi connectivity index (χ1n) is 5.20. The van der Waals surface area contributed by atoms with Crippen LogP contribution >= 0.6 is 45.5 Å². The molecule has 0 atom stereocenters. The molecule has 1 heterocycles. The van der Waals surface area contributed by atoms with Gasteiger partial charge in [-0.3, -0.25) is 4.79 Å². The van der Waals surface area contributed by atoms with E-state index in [4.69, 9.17) is 11.6 Å². The second kappa shape index (κ2) is 5.99. The molecule has 0 bridgehead atoms. The number of carbonyl (C=O) groups is 1. The summed E-state index contributed by atoms with van der Waals surface area (Å²) in [6.45, 7) is 2.39. The Bertz CT molecular complexity index is 585. The minimum atomic E-state index is -0.113. The van der Waals surface area contributed by atoms with Gasteiger partial charge in [0, 0.05) is 20.2 Å². The quantitative estimate of drug-likeness (QED) is 0.810. The summed E-state index contributed by atoms with van der Waals surface area (Å²) < 4.78 is 0.868. The zero-order chi connectivity index (χ0) is 13.1. The number of rotatable bonds is 3. The highest BCUT2D eigenvalue weighted by atomic mass is 127. The minimum absolute atomic E-state index is 0.113. The summed E-state index contributed by atoms with van der Waals surface area (Å²) in [7, 11) is 0. The van der Waals surface area contributed by atoms with Gasteiger partial charge in [-0.2, -0.15) is 0 Å². The van der Waals surface area contributed by atoms with Crippen molar-refractivity contribution in [1.82, 2.24) is 10.3 Å². The van der Waals surface area contributed by atoms with Gasteiger partial charge in [0.25, 0.3) is 5.91 Å². The van der Waals surface area contributed by atoms with Gasteiger partial charge in [-0.15, -0.1) is 11.3 Å². The Balaban J connectivity index is 2.01. The maximum atomic E-state index is 11.9. The average Bonchev–Trinajstić information content (AvgIpc) is 2.75. The second-order valence-electron chi connectivity index (χ2n) is 3.69. The molecule has 1 N–H and O–H groups in total. The molecule has 6 heteroatoms. The van der Waals surface area contributed by atoms with E-state index >= 15 is 0 Å². The third-order valence-corrected chi connectivity index (χ3v) is 4.76. The second-order valence-corrected chi connectivity index (χ2v) is 6.21. The zero-order valence-electron chi connectivity index (χ0n) is 9.54. The third kappa shape index (κ3) is 3.43. The average molecular weight is 393 g/mol. The van der Waals surface area contributed by atoms with Crippen molar-refractivity contribution < 1.29 is 4.79 Å². The molecule has 1 aromatic carbocycles. The van der Waals surface area contributed by atoms with Crippen LogP contribution in [0.5, 0.6) is 0 Å². The number of nitrogens with zero attached hydrogens (tertiary/aromatic N) is 1. The Morgan fingerprint density at radius 2 is 2.33 bits per heavy atom. The van der Waals surface area contributed by atoms with Crippen LogP contribution in [0.25, 0.3) is 0 Å². The summed E-state index contributed by atoms with van der Waals surface area (Å²) in [4.78, 5) is 16.2. The normalized spacial score (nSPS) is 10.4. The molecule has 1 amide bonds. The molecule has 0 unspecified atom stereocenters. The van der Waals surface area contributed by atoms with Crippen LogP contribution in [0.4, 0.5) is 0 Å². The van der Waals surface area contributed by atoms with Crippen LogP contribution in [0.1, 0.15) is 21.1 Å². The maximum absolute atomic E-state index is 11.9. The van der Waals surface area contributed by atoms with Crippen LogP contribution < -0.4 is 5.32 Å². The summed E-state index contributed by atoms with van der Waals surface area (Å²) in [6, 6.07) is 5.21. The molecular formula is C12H10ClIN2OS. The lowest BCUT2D eigenvalue weighted by Crippen LogP contribution is -2.22. The van der Waals surface area contributed by atoms with E-state index in [1.165, 1.54) is 0 Å². The number of benzene rings is 1. The largest absolute Gasteiger partial charge is 0.346 e. The smallest absolute Gasteiger partial charge is 0.251 e. The fraction of sp³-hybridized carbons (Fsp3) is 0.167. The number of thiazole rings is 1. The molecule has 94 valence electrons. The minimum Gasteiger partial charge on any atom is -0.346 e. The Hall–Kier alpha value is -0.660. The van der Waals surface area contributed by atoms with Crippen molar-refractivity contribution in [2.45, 2.75) is 13.5 Å². The van der Waals surface area contributed by atoms with Crippen LogP contribution in [0, 0.1) is 10.5 Å². The van der Waals surface area contributed by atoms with E-state index in [9.17, 15) is 4.79 Å². The summed E-state index contributed by atoms with van der Waals surface area (Å²) in [5.41, 5.74) is 1.59. The zero-order valence-corrected chi connectivity index (χ0v) is 13.3. The van der Waals surface area contributed by atoms with E-state index in [2.05, 4.69) is 32.9 Å². The maximum Gasteiger partial charge on any atom is 0.251 e. The van der Waals surface area contributed by atoms with Gasteiger partial charge in [-0.05, 0) is 47.7 Å². The van der Waals surface area contributed by atoms with Gasteiger partial charge in [0.05, 0.1) is 11.6 Å². The monoisotopic (exact) mass is 392 g/mol. The standard InChI is InChI=1S/C12H10ClIN2OS/c1-7-6-18-11(16-7)5-15-12(17)8-2-3-9(13)10(14)4-8/h2-4,6H,5H2,1H3,(H,15,17). The molecular weight excluding hydrogens is 383 g/mol. The van der Waals surface area contributed by atoms with Gasteiger partial charge in [0.15, 0.2) is 0 Å². The number of aromatic nitrogens is 1. The molecule has 18 heavy (non-hydrogen) atoms. The van der Waals surface area contributed by atoms with Crippen LogP contribution in [-0.4, -0.2) is 10.9 Å². The highest BCUT2D eigenvalue weighted by Gasteiger charge is 2.08. The lowest BCUT2D eigenvalue weighted by Gasteiger charge is -2.04. The predicted octanol–water partition coefficient (Wildman–Crippen LogP) is 3.64. The molecule has 2 rings (SSSR count). The number of nitrogens with one attached hydrogen (secondary N) is 1. The number of amides is 1. The number of halogens is 2. The fourth-order valence-corrected chi connectivity index (χ4v) is 2.72. The third-order valence-electron chi connectivity index (χ3n) is 2.25. The number of carbonyl (C=O) groups excluding carboxylic acids is 1. The van der Waals surface area contributed by atoms with Crippen LogP contribution in [-0.2, 0) is 6.54 Å². The van der Waals surface area contributed by atoms with Gasteiger partial charge in [-0.25, -0.2) is 4.98 Å². The van der Waals surface area contributed by atoms with Gasteiger partial charge in [0.1, 0.15) is 5.01 Å². The fourth-order valence-electron chi connectivity index (χ4n) is 1.38. The number of hydrogen-bond donors (Lipinski definition) is 1. The molecule has 0 aliphatic heterocycles. The molecule has 0 saturated heterocycles. The van der Waals surface area contributed by atoms with E-state index in [-0.39, 0.29) is 5.91 Å². The Labute approximate surface area is 128 Å². The number of aryl methyl sites for hydroxylation is 1. The van der Waals surface area contributed by atoms with E-state index in [1.54, 1.807) is 29.5 Å². The SMILES string of the molecule is Cc1csc(CNC(=O)c2ccc(Cl)c(I)c2)n1. The summed E-state index contributed by atoms with van der Waals surface area (Å²) in [6.07, 6.45) is 0. The molecule has 0 aliphatic carbocycles. The van der Waals surface area contributed by atoms with E-state index < -0.39 is 0 Å². The van der Waals surface area contributed by atoms with Crippen molar-refractivity contribution in [3.63, 3.8) is 0 Å². The molecule has 0 radical (unpaired) electrons. The Morgan fingerprint density at radius 1 is 1.56 bits per heavy atom. The topological polar surface area (TPSA) is 42.0 Å². The van der Waals surface area contributed by atoms with Crippen molar-refractivity contribution in [2.24, 2.45) is 0 Å². The van der Waals surface area contributed by atoms with Gasteiger partial charge in [0.2, 0.25) is 0 Å². The molecule has 2 aromatic rings. The van der Waals surface area contributed by atoms with Crippen LogP contribution in [0.2, 0.25) is 5.02 Å². The molecule has 0 aliphatic rings. The summed E-state index contributed by atoms with van der Waals surface area (Å²) >= 11 is 9.56. The van der Waals surface area contributed by atoms with Crippen molar-refractivity contribution in [1.29, 1.82) is 0 Å². The van der Waals surface area contributed by atoms with E-state index in [0.29, 0.717) is 17.1 Å². The van der Waals surface area contributed by atoms with Crippen molar-refractivity contribution in [2.75, 3.05) is 0 Å². The summed E-state index contributed by atoms with van der Waals surface area (Å²) in [5.74, 6) is -0.113. The van der Waals surface area contributed by atoms with Crippen molar-refractivity contribution in [3.8, 4) is 0 Å². The van der Waals surface area contributed by atoms with Gasteiger partial charge >= 0.3 is 0 Å². The van der Waals surface area contributed by atoms with Crippen LogP contribution in [0.3, 0.4) is 0 Å². The molecule has 0 saturated carbocycles. The van der Waals surface area contributed by atoms with Gasteiger partial charge in [-0.1, -0.05) is 11.6 Å². The Kier molecular flexibility index (Phi) is 4.58. The predicted molar refractivity (Wildman–Crippen MR) is 82.2 cm³/mol. The molecule has 0 fully saturated rings. The molecule has 1 aromatic heterocycles.